The van der Waals surface area contributed by atoms with Crippen molar-refractivity contribution in [1.29, 1.82) is 0 Å². The molecule has 0 radical (unpaired) electrons. The van der Waals surface area contributed by atoms with Gasteiger partial charge in [0.2, 0.25) is 0 Å². The van der Waals surface area contributed by atoms with E-state index < -0.39 is 0 Å². The van der Waals surface area contributed by atoms with Gasteiger partial charge in [0.25, 0.3) is 0 Å². The van der Waals surface area contributed by atoms with Crippen LogP contribution in [0.25, 0.3) is 0 Å². The Morgan fingerprint density at radius 2 is 1.86 bits per heavy atom. The fourth-order valence-corrected chi connectivity index (χ4v) is 1.04. The zero-order valence-electron chi connectivity index (χ0n) is 8.77. The van der Waals surface area contributed by atoms with E-state index in [1.165, 1.54) is 0 Å². The summed E-state index contributed by atoms with van der Waals surface area (Å²) >= 11 is 0. The van der Waals surface area contributed by atoms with Gasteiger partial charge in [0.05, 0.1) is 13.1 Å². The third kappa shape index (κ3) is 4.55. The second-order valence-electron chi connectivity index (χ2n) is 3.27. The molecule has 0 saturated carbocycles. The SMILES string of the molecule is CC(C)=NCCN=Cc1ccccc1. The van der Waals surface area contributed by atoms with E-state index in [2.05, 4.69) is 9.98 Å². The second-order valence-corrected chi connectivity index (χ2v) is 3.27. The lowest BCUT2D eigenvalue weighted by molar-refractivity contribution is 0.977. The molecule has 0 aliphatic rings. The van der Waals surface area contributed by atoms with Crippen molar-refractivity contribution in [2.45, 2.75) is 13.8 Å². The molecule has 1 aromatic rings. The van der Waals surface area contributed by atoms with Gasteiger partial charge in [-0.25, -0.2) is 0 Å². The normalized spacial score (nSPS) is 10.4. The smallest absolute Gasteiger partial charge is 0.0585 e. The minimum absolute atomic E-state index is 0.764. The van der Waals surface area contributed by atoms with Crippen molar-refractivity contribution in [1.82, 2.24) is 0 Å². The highest BCUT2D eigenvalue weighted by Gasteiger charge is 1.83. The molecule has 0 saturated heterocycles. The molecule has 0 bridgehead atoms. The highest BCUT2D eigenvalue weighted by atomic mass is 14.8. The minimum Gasteiger partial charge on any atom is -0.293 e. The van der Waals surface area contributed by atoms with Gasteiger partial charge < -0.3 is 0 Å². The van der Waals surface area contributed by atoms with Gasteiger partial charge in [0.15, 0.2) is 0 Å². The molecule has 0 N–H and O–H groups in total. The second kappa shape index (κ2) is 6.08. The van der Waals surface area contributed by atoms with Gasteiger partial charge in [0, 0.05) is 11.9 Å². The van der Waals surface area contributed by atoms with Crippen LogP contribution < -0.4 is 0 Å². The van der Waals surface area contributed by atoms with Crippen molar-refractivity contribution >= 4 is 11.9 Å². The molecule has 74 valence electrons. The summed E-state index contributed by atoms with van der Waals surface area (Å²) in [6, 6.07) is 10.1. The van der Waals surface area contributed by atoms with Crippen molar-refractivity contribution in [2.24, 2.45) is 9.98 Å². The van der Waals surface area contributed by atoms with E-state index in [1.54, 1.807) is 0 Å². The summed E-state index contributed by atoms with van der Waals surface area (Å²) in [5, 5.41) is 0. The van der Waals surface area contributed by atoms with Gasteiger partial charge in [-0.1, -0.05) is 30.3 Å². The first-order chi connectivity index (χ1) is 6.79. The summed E-state index contributed by atoms with van der Waals surface area (Å²) in [6.07, 6.45) is 1.89. The van der Waals surface area contributed by atoms with Crippen molar-refractivity contribution in [2.75, 3.05) is 13.1 Å². The van der Waals surface area contributed by atoms with Crippen LogP contribution in [0.2, 0.25) is 0 Å². The molecular weight excluding hydrogens is 172 g/mol. The summed E-state index contributed by atoms with van der Waals surface area (Å²) in [6.45, 7) is 5.55. The molecule has 0 amide bonds. The maximum atomic E-state index is 4.28. The van der Waals surface area contributed by atoms with E-state index in [-0.39, 0.29) is 0 Å². The Morgan fingerprint density at radius 1 is 1.14 bits per heavy atom. The standard InChI is InChI=1S/C12H16N2/c1-11(2)14-9-8-13-10-12-6-4-3-5-7-12/h3-7,10H,8-9H2,1-2H3. The lowest BCUT2D eigenvalue weighted by Gasteiger charge is -1.92. The molecule has 0 aromatic heterocycles. The molecule has 0 spiro atoms. The van der Waals surface area contributed by atoms with Crippen LogP contribution in [0, 0.1) is 0 Å². The average Bonchev–Trinajstić information content (AvgIpc) is 2.18. The van der Waals surface area contributed by atoms with E-state index in [0.717, 1.165) is 24.4 Å². The van der Waals surface area contributed by atoms with Crippen molar-refractivity contribution in [3.63, 3.8) is 0 Å². The first-order valence-corrected chi connectivity index (χ1v) is 4.81. The number of rotatable bonds is 4. The maximum absolute atomic E-state index is 4.28. The number of hydrogen-bond acceptors (Lipinski definition) is 2. The summed E-state index contributed by atoms with van der Waals surface area (Å²) in [4.78, 5) is 8.54. The summed E-state index contributed by atoms with van der Waals surface area (Å²) in [7, 11) is 0. The highest BCUT2D eigenvalue weighted by Crippen LogP contribution is 1.93. The van der Waals surface area contributed by atoms with Gasteiger partial charge in [0.1, 0.15) is 0 Å². The minimum atomic E-state index is 0.764. The van der Waals surface area contributed by atoms with Gasteiger partial charge in [-0.15, -0.1) is 0 Å². The Bertz CT molecular complexity index is 308. The van der Waals surface area contributed by atoms with Gasteiger partial charge in [-0.3, -0.25) is 9.98 Å². The van der Waals surface area contributed by atoms with Crippen LogP contribution in [-0.2, 0) is 0 Å². The van der Waals surface area contributed by atoms with Gasteiger partial charge >= 0.3 is 0 Å². The third-order valence-electron chi connectivity index (χ3n) is 1.70. The highest BCUT2D eigenvalue weighted by molar-refractivity contribution is 5.80. The maximum Gasteiger partial charge on any atom is 0.0585 e. The van der Waals surface area contributed by atoms with Crippen molar-refractivity contribution < 1.29 is 0 Å². The number of nitrogens with zero attached hydrogens (tertiary/aromatic N) is 2. The molecule has 14 heavy (non-hydrogen) atoms. The fourth-order valence-electron chi connectivity index (χ4n) is 1.04. The van der Waals surface area contributed by atoms with E-state index in [0.29, 0.717) is 0 Å². The molecule has 0 fully saturated rings. The Morgan fingerprint density at radius 3 is 2.50 bits per heavy atom. The Balaban J connectivity index is 2.32. The molecule has 2 heteroatoms. The first kappa shape index (κ1) is 10.6. The molecule has 1 aromatic carbocycles. The van der Waals surface area contributed by atoms with Crippen LogP contribution in [0.5, 0.6) is 0 Å². The molecule has 0 unspecified atom stereocenters. The van der Waals surface area contributed by atoms with Gasteiger partial charge in [-0.05, 0) is 19.4 Å². The van der Waals surface area contributed by atoms with Crippen LogP contribution in [-0.4, -0.2) is 25.0 Å². The monoisotopic (exact) mass is 188 g/mol. The molecule has 2 nitrogen and oxygen atoms in total. The molecular formula is C12H16N2. The molecule has 0 atom stereocenters. The quantitative estimate of drug-likeness (QED) is 0.512. The lowest BCUT2D eigenvalue weighted by atomic mass is 10.2. The molecule has 1 rings (SSSR count). The lowest BCUT2D eigenvalue weighted by Crippen LogP contribution is -1.91. The molecule has 0 aliphatic heterocycles. The van der Waals surface area contributed by atoms with Crippen LogP contribution in [0.1, 0.15) is 19.4 Å². The van der Waals surface area contributed by atoms with Crippen molar-refractivity contribution in [3.05, 3.63) is 35.9 Å². The van der Waals surface area contributed by atoms with Crippen LogP contribution in [0.4, 0.5) is 0 Å². The zero-order valence-corrected chi connectivity index (χ0v) is 8.77. The summed E-state index contributed by atoms with van der Waals surface area (Å²) in [5.74, 6) is 0. The predicted octanol–water partition coefficient (Wildman–Crippen LogP) is 2.59. The number of benzene rings is 1. The van der Waals surface area contributed by atoms with E-state index in [4.69, 9.17) is 0 Å². The first-order valence-electron chi connectivity index (χ1n) is 4.81. The van der Waals surface area contributed by atoms with Gasteiger partial charge in [-0.2, -0.15) is 0 Å². The number of hydrogen-bond donors (Lipinski definition) is 0. The summed E-state index contributed by atoms with van der Waals surface area (Å²) < 4.78 is 0. The third-order valence-corrected chi connectivity index (χ3v) is 1.70. The summed E-state index contributed by atoms with van der Waals surface area (Å²) in [5.41, 5.74) is 2.25. The van der Waals surface area contributed by atoms with Crippen LogP contribution in [0.3, 0.4) is 0 Å². The number of aliphatic imine (C=N–C) groups is 2. The fraction of sp³-hybridized carbons (Fsp3) is 0.333. The Labute approximate surface area is 85.4 Å². The topological polar surface area (TPSA) is 24.7 Å². The molecule has 0 heterocycles. The zero-order chi connectivity index (χ0) is 10.2. The van der Waals surface area contributed by atoms with Crippen molar-refractivity contribution in [3.8, 4) is 0 Å². The largest absolute Gasteiger partial charge is 0.293 e. The Hall–Kier alpha value is -1.44. The van der Waals surface area contributed by atoms with Crippen LogP contribution in [0.15, 0.2) is 40.3 Å². The molecule has 0 aliphatic carbocycles. The predicted molar refractivity (Wildman–Crippen MR) is 62.6 cm³/mol. The Kier molecular flexibility index (Phi) is 4.62. The van der Waals surface area contributed by atoms with E-state index in [1.807, 2.05) is 50.4 Å². The van der Waals surface area contributed by atoms with E-state index >= 15 is 0 Å². The van der Waals surface area contributed by atoms with E-state index in [9.17, 15) is 0 Å². The van der Waals surface area contributed by atoms with Crippen LogP contribution >= 0.6 is 0 Å². The average molecular weight is 188 g/mol.